The lowest BCUT2D eigenvalue weighted by atomic mass is 9.94. The normalized spacial score (nSPS) is 20.1. The number of aliphatic hydroxyl groups excluding tert-OH is 1. The Hall–Kier alpha value is -3.69. The van der Waals surface area contributed by atoms with Crippen LogP contribution in [-0.4, -0.2) is 34.5 Å². The van der Waals surface area contributed by atoms with Crippen LogP contribution in [0.4, 0.5) is 5.13 Å². The molecule has 38 heavy (non-hydrogen) atoms. The van der Waals surface area contributed by atoms with Crippen molar-refractivity contribution in [2.75, 3.05) is 11.5 Å². The van der Waals surface area contributed by atoms with Crippen molar-refractivity contribution in [3.05, 3.63) is 87.4 Å². The Kier molecular flexibility index (Phi) is 6.20. The monoisotopic (exact) mass is 590 g/mol. The second-order valence-corrected chi connectivity index (χ2v) is 11.2. The van der Waals surface area contributed by atoms with E-state index >= 15 is 0 Å². The summed E-state index contributed by atoms with van der Waals surface area (Å²) < 4.78 is 13.0. The van der Waals surface area contributed by atoms with Gasteiger partial charge in [0.1, 0.15) is 23.4 Å². The number of halogens is 1. The minimum absolute atomic E-state index is 0.0225. The Balaban J connectivity index is 1.51. The van der Waals surface area contributed by atoms with Crippen molar-refractivity contribution in [1.82, 2.24) is 4.98 Å². The highest BCUT2D eigenvalue weighted by Crippen LogP contribution is 2.45. The fraction of sp³-hybridized carbons (Fsp3) is 0.207. The summed E-state index contributed by atoms with van der Waals surface area (Å²) >= 11 is 4.80. The van der Waals surface area contributed by atoms with E-state index in [4.69, 9.17) is 9.47 Å². The topological polar surface area (TPSA) is 89.0 Å². The van der Waals surface area contributed by atoms with E-state index < -0.39 is 17.7 Å². The number of carbonyl (C=O) groups excluding carboxylic acids is 2. The van der Waals surface area contributed by atoms with Crippen LogP contribution in [0.2, 0.25) is 0 Å². The van der Waals surface area contributed by atoms with Crippen LogP contribution in [0.25, 0.3) is 16.0 Å². The first-order valence-electron chi connectivity index (χ1n) is 12.2. The van der Waals surface area contributed by atoms with Crippen molar-refractivity contribution in [3.63, 3.8) is 0 Å². The zero-order chi connectivity index (χ0) is 26.6. The lowest BCUT2D eigenvalue weighted by Crippen LogP contribution is -2.29. The largest absolute Gasteiger partial charge is 0.507 e. The van der Waals surface area contributed by atoms with E-state index in [0.717, 1.165) is 20.5 Å². The van der Waals surface area contributed by atoms with Crippen molar-refractivity contribution in [3.8, 4) is 11.5 Å². The third-order valence-electron chi connectivity index (χ3n) is 6.64. The molecule has 0 radical (unpaired) electrons. The number of benzene rings is 3. The SMILES string of the molecule is CCOc1ccc2nc(N3C(=O)C(=O)/C(=C(/O)c4ccc5c(c4)CC(C)O5)C3c3cccc(Br)c3)sc2c1. The van der Waals surface area contributed by atoms with Gasteiger partial charge in [0.25, 0.3) is 5.78 Å². The highest BCUT2D eigenvalue weighted by molar-refractivity contribution is 9.10. The standard InChI is InChI=1S/C29H23BrN2O5S/c1-3-36-20-8-9-21-23(14-20)38-29(31-21)32-25(16-5-4-6-19(30)13-16)24(27(34)28(32)35)26(33)17-7-10-22-18(12-17)11-15(2)37-22/h4-10,12-15,25,33H,3,11H2,1-2H3/b26-24+. The molecule has 3 heterocycles. The quantitative estimate of drug-likeness (QED) is 0.164. The molecular weight excluding hydrogens is 568 g/mol. The molecule has 0 saturated carbocycles. The van der Waals surface area contributed by atoms with Crippen LogP contribution in [0.5, 0.6) is 11.5 Å². The number of aromatic nitrogens is 1. The lowest BCUT2D eigenvalue weighted by molar-refractivity contribution is -0.132. The molecule has 0 bridgehead atoms. The first-order chi connectivity index (χ1) is 18.3. The van der Waals surface area contributed by atoms with Gasteiger partial charge in [-0.15, -0.1) is 0 Å². The van der Waals surface area contributed by atoms with Crippen LogP contribution in [0.1, 0.15) is 36.6 Å². The average molecular weight is 591 g/mol. The predicted molar refractivity (Wildman–Crippen MR) is 150 cm³/mol. The summed E-state index contributed by atoms with van der Waals surface area (Å²) in [6.45, 7) is 4.42. The number of ether oxygens (including phenoxy) is 2. The molecule has 1 saturated heterocycles. The van der Waals surface area contributed by atoms with Gasteiger partial charge in [-0.2, -0.15) is 0 Å². The maximum atomic E-state index is 13.5. The molecule has 2 aliphatic rings. The van der Waals surface area contributed by atoms with Gasteiger partial charge in [0.05, 0.1) is 28.4 Å². The summed E-state index contributed by atoms with van der Waals surface area (Å²) in [4.78, 5) is 33.1. The molecule has 1 N–H and O–H groups in total. The highest BCUT2D eigenvalue weighted by atomic mass is 79.9. The molecule has 1 aromatic heterocycles. The maximum absolute atomic E-state index is 13.5. The minimum atomic E-state index is -0.858. The van der Waals surface area contributed by atoms with E-state index in [1.54, 1.807) is 12.1 Å². The second-order valence-electron chi connectivity index (χ2n) is 9.24. The number of hydrogen-bond acceptors (Lipinski definition) is 7. The first-order valence-corrected chi connectivity index (χ1v) is 13.8. The molecule has 2 unspecified atom stereocenters. The zero-order valence-corrected chi connectivity index (χ0v) is 23.0. The Morgan fingerprint density at radius 2 is 2.03 bits per heavy atom. The molecule has 7 nitrogen and oxygen atoms in total. The highest BCUT2D eigenvalue weighted by Gasteiger charge is 2.48. The Morgan fingerprint density at radius 3 is 2.82 bits per heavy atom. The van der Waals surface area contributed by atoms with Crippen molar-refractivity contribution in [2.45, 2.75) is 32.4 Å². The van der Waals surface area contributed by atoms with Crippen molar-refractivity contribution in [1.29, 1.82) is 0 Å². The molecular formula is C29H23BrN2O5S. The molecule has 2 atom stereocenters. The van der Waals surface area contributed by atoms with Gasteiger partial charge in [-0.1, -0.05) is 39.4 Å². The molecule has 6 rings (SSSR count). The van der Waals surface area contributed by atoms with Crippen LogP contribution in [0.15, 0.2) is 70.7 Å². The van der Waals surface area contributed by atoms with Gasteiger partial charge in [-0.3, -0.25) is 14.5 Å². The Bertz CT molecular complexity index is 1650. The third kappa shape index (κ3) is 4.16. The number of rotatable bonds is 5. The van der Waals surface area contributed by atoms with Crippen LogP contribution in [0.3, 0.4) is 0 Å². The van der Waals surface area contributed by atoms with E-state index in [9.17, 15) is 14.7 Å². The first kappa shape index (κ1) is 24.6. The summed E-state index contributed by atoms with van der Waals surface area (Å²) in [5.41, 5.74) is 2.80. The number of amides is 1. The molecule has 4 aromatic rings. The van der Waals surface area contributed by atoms with E-state index in [0.29, 0.717) is 40.6 Å². The number of thiazole rings is 1. The number of Topliss-reactive ketones (excluding diaryl/α,β-unsaturated/α-hetero) is 1. The number of fused-ring (bicyclic) bond motifs is 2. The molecule has 0 aliphatic carbocycles. The molecule has 1 amide bonds. The predicted octanol–water partition coefficient (Wildman–Crippen LogP) is 6.41. The van der Waals surface area contributed by atoms with Crippen molar-refractivity contribution in [2.24, 2.45) is 0 Å². The number of carbonyl (C=O) groups is 2. The summed E-state index contributed by atoms with van der Waals surface area (Å²) in [7, 11) is 0. The van der Waals surface area contributed by atoms with E-state index in [2.05, 4.69) is 20.9 Å². The maximum Gasteiger partial charge on any atom is 0.301 e. The Labute approximate surface area is 231 Å². The van der Waals surface area contributed by atoms with Gasteiger partial charge in [-0.05, 0) is 73.5 Å². The average Bonchev–Trinajstić information content (AvgIpc) is 3.56. The van der Waals surface area contributed by atoms with Crippen LogP contribution < -0.4 is 14.4 Å². The van der Waals surface area contributed by atoms with Crippen LogP contribution in [0, 0.1) is 0 Å². The third-order valence-corrected chi connectivity index (χ3v) is 8.15. The van der Waals surface area contributed by atoms with Gasteiger partial charge >= 0.3 is 5.91 Å². The number of nitrogens with zero attached hydrogens (tertiary/aromatic N) is 2. The second kappa shape index (κ2) is 9.56. The van der Waals surface area contributed by atoms with Gasteiger partial charge in [0.15, 0.2) is 5.13 Å². The van der Waals surface area contributed by atoms with Gasteiger partial charge in [-0.25, -0.2) is 4.98 Å². The van der Waals surface area contributed by atoms with E-state index in [1.807, 2.05) is 62.4 Å². The number of ketones is 1. The minimum Gasteiger partial charge on any atom is -0.507 e. The summed E-state index contributed by atoms with van der Waals surface area (Å²) in [5.74, 6) is -0.252. The van der Waals surface area contributed by atoms with Gasteiger partial charge in [0.2, 0.25) is 0 Å². The summed E-state index contributed by atoms with van der Waals surface area (Å²) in [6, 6.07) is 17.4. The van der Waals surface area contributed by atoms with E-state index in [1.165, 1.54) is 16.2 Å². The van der Waals surface area contributed by atoms with Crippen LogP contribution in [-0.2, 0) is 16.0 Å². The van der Waals surface area contributed by atoms with Crippen molar-refractivity contribution >= 4 is 60.1 Å². The number of hydrogen-bond donors (Lipinski definition) is 1. The number of anilines is 1. The number of aliphatic hydroxyl groups is 1. The smallest absolute Gasteiger partial charge is 0.301 e. The van der Waals surface area contributed by atoms with Crippen molar-refractivity contribution < 1.29 is 24.2 Å². The molecule has 1 fully saturated rings. The fourth-order valence-corrected chi connectivity index (χ4v) is 6.44. The molecule has 9 heteroatoms. The lowest BCUT2D eigenvalue weighted by Gasteiger charge is -2.23. The summed E-state index contributed by atoms with van der Waals surface area (Å²) in [6.07, 6.45) is 0.742. The Morgan fingerprint density at radius 1 is 1.18 bits per heavy atom. The molecule has 192 valence electrons. The molecule has 3 aromatic carbocycles. The van der Waals surface area contributed by atoms with E-state index in [-0.39, 0.29) is 17.4 Å². The molecule has 2 aliphatic heterocycles. The molecule has 0 spiro atoms. The fourth-order valence-electron chi connectivity index (χ4n) is 5.00. The van der Waals surface area contributed by atoms with Gasteiger partial charge < -0.3 is 14.6 Å². The van der Waals surface area contributed by atoms with Gasteiger partial charge in [0, 0.05) is 16.5 Å². The summed E-state index contributed by atoms with van der Waals surface area (Å²) in [5, 5.41) is 11.9. The van der Waals surface area contributed by atoms with Crippen LogP contribution >= 0.6 is 27.3 Å². The zero-order valence-electron chi connectivity index (χ0n) is 20.6.